The minimum absolute atomic E-state index is 0.303. The van der Waals surface area contributed by atoms with E-state index in [4.69, 9.17) is 4.74 Å². The van der Waals surface area contributed by atoms with Crippen LogP contribution in [0.25, 0.3) is 0 Å². The lowest BCUT2D eigenvalue weighted by atomic mass is 9.97. The van der Waals surface area contributed by atoms with Gasteiger partial charge in [0, 0.05) is 4.47 Å². The summed E-state index contributed by atoms with van der Waals surface area (Å²) in [6, 6.07) is 7.91. The van der Waals surface area contributed by atoms with E-state index in [-0.39, 0.29) is 6.04 Å². The SMILES string of the molecule is Cc1cc(CF)cc([C@H]2OC(=O)N3[C@H](c4cc(C(F)(F)F)ccc4Br)CC[C@@H]23)c1. The topological polar surface area (TPSA) is 29.5 Å². The minimum atomic E-state index is -4.47. The van der Waals surface area contributed by atoms with Crippen LogP contribution < -0.4 is 0 Å². The van der Waals surface area contributed by atoms with E-state index in [1.165, 1.54) is 11.0 Å². The summed E-state index contributed by atoms with van der Waals surface area (Å²) in [6.45, 7) is 1.22. The highest BCUT2D eigenvalue weighted by Gasteiger charge is 2.50. The molecule has 0 bridgehead atoms. The van der Waals surface area contributed by atoms with Crippen molar-refractivity contribution >= 4 is 22.0 Å². The average molecular weight is 472 g/mol. The first-order valence-electron chi connectivity index (χ1n) is 9.21. The highest BCUT2D eigenvalue weighted by Crippen LogP contribution is 2.49. The maximum atomic E-state index is 13.2. The zero-order chi connectivity index (χ0) is 20.9. The Labute approximate surface area is 173 Å². The van der Waals surface area contributed by atoms with Gasteiger partial charge in [0.15, 0.2) is 0 Å². The monoisotopic (exact) mass is 471 g/mol. The van der Waals surface area contributed by atoms with Crippen molar-refractivity contribution in [3.63, 3.8) is 0 Å². The van der Waals surface area contributed by atoms with Crippen molar-refractivity contribution in [1.82, 2.24) is 4.90 Å². The van der Waals surface area contributed by atoms with E-state index in [9.17, 15) is 22.4 Å². The second-order valence-corrected chi connectivity index (χ2v) is 8.35. The number of amides is 1. The van der Waals surface area contributed by atoms with Crippen molar-refractivity contribution in [3.8, 4) is 0 Å². The Morgan fingerprint density at radius 1 is 1.17 bits per heavy atom. The van der Waals surface area contributed by atoms with E-state index in [0.29, 0.717) is 34.0 Å². The van der Waals surface area contributed by atoms with Crippen LogP contribution in [0.15, 0.2) is 40.9 Å². The van der Waals surface area contributed by atoms with Crippen LogP contribution in [0, 0.1) is 6.92 Å². The molecular formula is C21H18BrF4NO2. The van der Waals surface area contributed by atoms with Gasteiger partial charge in [-0.2, -0.15) is 13.2 Å². The van der Waals surface area contributed by atoms with Gasteiger partial charge in [-0.3, -0.25) is 4.90 Å². The van der Waals surface area contributed by atoms with Gasteiger partial charge < -0.3 is 4.74 Å². The molecule has 2 saturated heterocycles. The summed E-state index contributed by atoms with van der Waals surface area (Å²) in [5, 5.41) is 0. The van der Waals surface area contributed by atoms with Crippen molar-refractivity contribution in [3.05, 3.63) is 68.7 Å². The summed E-state index contributed by atoms with van der Waals surface area (Å²) < 4.78 is 58.8. The van der Waals surface area contributed by atoms with E-state index in [1.54, 1.807) is 12.1 Å². The van der Waals surface area contributed by atoms with Gasteiger partial charge in [-0.15, -0.1) is 0 Å². The van der Waals surface area contributed by atoms with Crippen LogP contribution in [0.4, 0.5) is 22.4 Å². The summed E-state index contributed by atoms with van der Waals surface area (Å²) in [7, 11) is 0. The van der Waals surface area contributed by atoms with E-state index >= 15 is 0 Å². The molecule has 1 amide bonds. The molecule has 3 nitrogen and oxygen atoms in total. The van der Waals surface area contributed by atoms with Gasteiger partial charge in [-0.25, -0.2) is 9.18 Å². The Morgan fingerprint density at radius 3 is 2.62 bits per heavy atom. The Kier molecular flexibility index (Phi) is 5.09. The molecule has 2 heterocycles. The molecule has 2 aliphatic heterocycles. The molecule has 2 aliphatic rings. The number of carbonyl (C=O) groups excluding carboxylic acids is 1. The Morgan fingerprint density at radius 2 is 1.93 bits per heavy atom. The Hall–Kier alpha value is -2.09. The van der Waals surface area contributed by atoms with Crippen LogP contribution in [0.2, 0.25) is 0 Å². The lowest BCUT2D eigenvalue weighted by Crippen LogP contribution is -2.30. The third kappa shape index (κ3) is 3.63. The van der Waals surface area contributed by atoms with Gasteiger partial charge in [0.2, 0.25) is 0 Å². The van der Waals surface area contributed by atoms with Crippen molar-refractivity contribution in [2.75, 3.05) is 0 Å². The highest BCUT2D eigenvalue weighted by atomic mass is 79.9. The number of nitrogens with zero attached hydrogens (tertiary/aromatic N) is 1. The van der Waals surface area contributed by atoms with Crippen molar-refractivity contribution < 1.29 is 27.1 Å². The van der Waals surface area contributed by atoms with Crippen molar-refractivity contribution in [1.29, 1.82) is 0 Å². The third-order valence-electron chi connectivity index (χ3n) is 5.54. The standard InChI is InChI=1S/C21H18BrF4NO2/c1-11-6-12(10-23)8-13(7-11)19-18-5-4-17(27(18)20(28)29-19)15-9-14(21(24,25)26)2-3-16(15)22/h2-3,6-9,17-19H,4-5,10H2,1H3/t17-,18-,19+/m0/s1. The Balaban J connectivity index is 1.68. The number of carbonyl (C=O) groups is 1. The summed E-state index contributed by atoms with van der Waals surface area (Å²) in [5.74, 6) is 0. The van der Waals surface area contributed by atoms with Gasteiger partial charge in [-0.1, -0.05) is 33.6 Å². The zero-order valence-corrected chi connectivity index (χ0v) is 17.1. The number of benzene rings is 2. The van der Waals surface area contributed by atoms with Gasteiger partial charge in [0.1, 0.15) is 12.8 Å². The molecule has 2 aromatic rings. The zero-order valence-electron chi connectivity index (χ0n) is 15.5. The molecule has 3 atom stereocenters. The molecule has 0 aliphatic carbocycles. The lowest BCUT2D eigenvalue weighted by Gasteiger charge is -2.24. The molecule has 2 fully saturated rings. The molecule has 8 heteroatoms. The smallest absolute Gasteiger partial charge is 0.416 e. The van der Waals surface area contributed by atoms with Gasteiger partial charge in [0.25, 0.3) is 0 Å². The maximum Gasteiger partial charge on any atom is 0.416 e. The lowest BCUT2D eigenvalue weighted by molar-refractivity contribution is -0.137. The predicted molar refractivity (Wildman–Crippen MR) is 102 cm³/mol. The number of hydrogen-bond donors (Lipinski definition) is 0. The van der Waals surface area contributed by atoms with Gasteiger partial charge >= 0.3 is 12.3 Å². The number of alkyl halides is 4. The normalized spacial score (nSPS) is 24.0. The first kappa shape index (κ1) is 20.2. The number of halogens is 5. The molecule has 0 N–H and O–H groups in total. The van der Waals surface area contributed by atoms with Gasteiger partial charge in [0.05, 0.1) is 17.6 Å². The minimum Gasteiger partial charge on any atom is -0.439 e. The third-order valence-corrected chi connectivity index (χ3v) is 6.26. The van der Waals surface area contributed by atoms with Crippen molar-refractivity contribution in [2.24, 2.45) is 0 Å². The van der Waals surface area contributed by atoms with Crippen LogP contribution in [0.3, 0.4) is 0 Å². The first-order chi connectivity index (χ1) is 13.7. The van der Waals surface area contributed by atoms with Crippen molar-refractivity contribution in [2.45, 2.75) is 50.8 Å². The number of aryl methyl sites for hydroxylation is 1. The second kappa shape index (κ2) is 7.31. The number of cyclic esters (lactones) is 1. The average Bonchev–Trinajstić information content (AvgIpc) is 3.22. The summed E-state index contributed by atoms with van der Waals surface area (Å²) >= 11 is 3.32. The van der Waals surface area contributed by atoms with Crippen LogP contribution in [0.1, 0.15) is 52.8 Å². The van der Waals surface area contributed by atoms with Crippen LogP contribution in [-0.2, 0) is 17.6 Å². The molecule has 0 unspecified atom stereocenters. The van der Waals surface area contributed by atoms with Crippen LogP contribution in [0.5, 0.6) is 0 Å². The molecule has 4 rings (SSSR count). The molecule has 29 heavy (non-hydrogen) atoms. The van der Waals surface area contributed by atoms with E-state index in [1.807, 2.05) is 13.0 Å². The molecule has 0 saturated carbocycles. The molecule has 0 spiro atoms. The van der Waals surface area contributed by atoms with E-state index in [2.05, 4.69) is 15.9 Å². The molecule has 0 aromatic heterocycles. The van der Waals surface area contributed by atoms with E-state index in [0.717, 1.165) is 17.7 Å². The van der Waals surface area contributed by atoms with E-state index < -0.39 is 36.7 Å². The highest BCUT2D eigenvalue weighted by molar-refractivity contribution is 9.10. The second-order valence-electron chi connectivity index (χ2n) is 7.49. The Bertz CT molecular complexity index is 962. The fourth-order valence-corrected chi connectivity index (χ4v) is 4.86. The number of ether oxygens (including phenoxy) is 1. The maximum absolute atomic E-state index is 13.2. The van der Waals surface area contributed by atoms with Crippen LogP contribution in [-0.4, -0.2) is 17.0 Å². The number of fused-ring (bicyclic) bond motifs is 1. The summed E-state index contributed by atoms with van der Waals surface area (Å²) in [6.07, 6.45) is -4.48. The first-order valence-corrected chi connectivity index (χ1v) is 10.0. The number of hydrogen-bond acceptors (Lipinski definition) is 2. The molecular weight excluding hydrogens is 454 g/mol. The van der Waals surface area contributed by atoms with Gasteiger partial charge in [-0.05, 0) is 60.7 Å². The molecule has 154 valence electrons. The predicted octanol–water partition coefficient (Wildman–Crippen LogP) is 6.64. The largest absolute Gasteiger partial charge is 0.439 e. The summed E-state index contributed by atoms with van der Waals surface area (Å²) in [4.78, 5) is 14.2. The number of rotatable bonds is 3. The quantitative estimate of drug-likeness (QED) is 0.469. The molecule has 0 radical (unpaired) electrons. The fourth-order valence-electron chi connectivity index (χ4n) is 4.35. The summed E-state index contributed by atoms with van der Waals surface area (Å²) in [5.41, 5.74) is 1.73. The fraction of sp³-hybridized carbons (Fsp3) is 0.381. The molecule has 2 aromatic carbocycles. The van der Waals surface area contributed by atoms with Crippen LogP contribution >= 0.6 is 15.9 Å².